The van der Waals surface area contributed by atoms with Gasteiger partial charge in [0.25, 0.3) is 0 Å². The molecule has 1 aliphatic heterocycles. The fourth-order valence-corrected chi connectivity index (χ4v) is 3.17. The van der Waals surface area contributed by atoms with Gasteiger partial charge >= 0.3 is 0 Å². The Kier molecular flexibility index (Phi) is 7.62. The van der Waals surface area contributed by atoms with Crippen LogP contribution in [0.15, 0.2) is 35.5 Å². The van der Waals surface area contributed by atoms with Crippen molar-refractivity contribution in [1.82, 2.24) is 15.6 Å². The van der Waals surface area contributed by atoms with Gasteiger partial charge in [-0.05, 0) is 42.7 Å². The average molecular weight is 423 g/mol. The fourth-order valence-electron chi connectivity index (χ4n) is 2.77. The molecule has 0 aliphatic carbocycles. The zero-order valence-corrected chi connectivity index (χ0v) is 17.3. The molecule has 6 nitrogen and oxygen atoms in total. The van der Waals surface area contributed by atoms with Crippen LogP contribution >= 0.6 is 23.2 Å². The molecule has 0 atom stereocenters. The van der Waals surface area contributed by atoms with Gasteiger partial charge in [0.15, 0.2) is 17.5 Å². The SMILES string of the molecule is CCNC(=NCc1cc(Cl)c2c(c1)OCCCO2)NCCc1ccc(Cl)nc1. The van der Waals surface area contributed by atoms with E-state index in [-0.39, 0.29) is 0 Å². The largest absolute Gasteiger partial charge is 0.489 e. The monoisotopic (exact) mass is 422 g/mol. The predicted octanol–water partition coefficient (Wildman–Crippen LogP) is 3.85. The van der Waals surface area contributed by atoms with Crippen LogP contribution in [-0.4, -0.2) is 37.2 Å². The summed E-state index contributed by atoms with van der Waals surface area (Å²) in [6, 6.07) is 7.59. The molecule has 2 heterocycles. The molecule has 3 rings (SSSR count). The second-order valence-electron chi connectivity index (χ2n) is 6.32. The van der Waals surface area contributed by atoms with Crippen LogP contribution in [0.5, 0.6) is 11.5 Å². The van der Waals surface area contributed by atoms with Gasteiger partial charge in [0.2, 0.25) is 0 Å². The van der Waals surface area contributed by atoms with Crippen LogP contribution < -0.4 is 20.1 Å². The second-order valence-corrected chi connectivity index (χ2v) is 7.11. The summed E-state index contributed by atoms with van der Waals surface area (Å²) in [6.45, 7) is 5.26. The number of hydrogen-bond donors (Lipinski definition) is 2. The molecular weight excluding hydrogens is 399 g/mol. The standard InChI is InChI=1S/C20H24Cl2N4O2/c1-2-23-20(24-7-6-14-4-5-18(22)25-12-14)26-13-15-10-16(21)19-17(11-15)27-8-3-9-28-19/h4-5,10-12H,2-3,6-9,13H2,1H3,(H2,23,24,26). The lowest BCUT2D eigenvalue weighted by molar-refractivity contribution is 0.297. The van der Waals surface area contributed by atoms with E-state index in [0.29, 0.717) is 41.4 Å². The maximum Gasteiger partial charge on any atom is 0.191 e. The van der Waals surface area contributed by atoms with E-state index < -0.39 is 0 Å². The molecule has 28 heavy (non-hydrogen) atoms. The fraction of sp³-hybridized carbons (Fsp3) is 0.400. The van der Waals surface area contributed by atoms with Crippen molar-refractivity contribution in [3.8, 4) is 11.5 Å². The highest BCUT2D eigenvalue weighted by atomic mass is 35.5. The van der Waals surface area contributed by atoms with Crippen molar-refractivity contribution in [1.29, 1.82) is 0 Å². The van der Waals surface area contributed by atoms with Crippen molar-refractivity contribution < 1.29 is 9.47 Å². The lowest BCUT2D eigenvalue weighted by Gasteiger charge is -2.13. The Balaban J connectivity index is 1.61. The van der Waals surface area contributed by atoms with Gasteiger partial charge in [-0.2, -0.15) is 0 Å². The highest BCUT2D eigenvalue weighted by Gasteiger charge is 2.15. The molecule has 0 radical (unpaired) electrons. The van der Waals surface area contributed by atoms with Gasteiger partial charge < -0.3 is 20.1 Å². The van der Waals surface area contributed by atoms with Gasteiger partial charge in [-0.15, -0.1) is 0 Å². The Hall–Kier alpha value is -2.18. The van der Waals surface area contributed by atoms with E-state index >= 15 is 0 Å². The van der Waals surface area contributed by atoms with Crippen LogP contribution in [0, 0.1) is 0 Å². The van der Waals surface area contributed by atoms with Crippen LogP contribution in [0.25, 0.3) is 0 Å². The zero-order chi connectivity index (χ0) is 19.8. The number of aromatic nitrogens is 1. The molecule has 2 N–H and O–H groups in total. The van der Waals surface area contributed by atoms with E-state index in [1.165, 1.54) is 0 Å². The summed E-state index contributed by atoms with van der Waals surface area (Å²) in [5.74, 6) is 2.05. The first kappa shape index (κ1) is 20.6. The van der Waals surface area contributed by atoms with E-state index in [9.17, 15) is 0 Å². The van der Waals surface area contributed by atoms with Crippen molar-refractivity contribution in [2.45, 2.75) is 26.3 Å². The highest BCUT2D eigenvalue weighted by Crippen LogP contribution is 2.38. The third kappa shape index (κ3) is 5.91. The third-order valence-corrected chi connectivity index (χ3v) is 4.63. The summed E-state index contributed by atoms with van der Waals surface area (Å²) in [7, 11) is 0. The molecule has 1 aromatic carbocycles. The molecule has 8 heteroatoms. The average Bonchev–Trinajstić information content (AvgIpc) is 2.93. The Labute approximate surface area is 175 Å². The quantitative estimate of drug-likeness (QED) is 0.420. The number of nitrogens with zero attached hydrogens (tertiary/aromatic N) is 2. The molecule has 0 amide bonds. The lowest BCUT2D eigenvalue weighted by Crippen LogP contribution is -2.38. The van der Waals surface area contributed by atoms with Crippen LogP contribution in [0.3, 0.4) is 0 Å². The summed E-state index contributed by atoms with van der Waals surface area (Å²) in [5, 5.41) is 7.63. The van der Waals surface area contributed by atoms with Crippen LogP contribution in [-0.2, 0) is 13.0 Å². The van der Waals surface area contributed by atoms with E-state index in [1.54, 1.807) is 12.3 Å². The number of guanidine groups is 1. The number of aliphatic imine (C=N–C) groups is 1. The number of pyridine rings is 1. The minimum atomic E-state index is 0.480. The number of benzene rings is 1. The van der Waals surface area contributed by atoms with Crippen LogP contribution in [0.1, 0.15) is 24.5 Å². The van der Waals surface area contributed by atoms with E-state index in [2.05, 4.69) is 20.6 Å². The summed E-state index contributed by atoms with van der Waals surface area (Å²) in [6.07, 6.45) is 3.45. The predicted molar refractivity (Wildman–Crippen MR) is 113 cm³/mol. The first-order chi connectivity index (χ1) is 13.7. The molecule has 0 spiro atoms. The van der Waals surface area contributed by atoms with Crippen molar-refractivity contribution in [3.63, 3.8) is 0 Å². The molecular formula is C20H24Cl2N4O2. The molecule has 0 saturated carbocycles. The van der Waals surface area contributed by atoms with E-state index in [4.69, 9.17) is 32.7 Å². The molecule has 1 aliphatic rings. The second kappa shape index (κ2) is 10.4. The van der Waals surface area contributed by atoms with Crippen molar-refractivity contribution in [2.75, 3.05) is 26.3 Å². The minimum absolute atomic E-state index is 0.480. The van der Waals surface area contributed by atoms with Crippen molar-refractivity contribution >= 4 is 29.2 Å². The third-order valence-electron chi connectivity index (χ3n) is 4.12. The van der Waals surface area contributed by atoms with Gasteiger partial charge in [-0.25, -0.2) is 9.98 Å². The number of hydrogen-bond acceptors (Lipinski definition) is 4. The molecule has 0 unspecified atom stereocenters. The van der Waals surface area contributed by atoms with Gasteiger partial charge in [0, 0.05) is 25.7 Å². The molecule has 0 fully saturated rings. The number of ether oxygens (including phenoxy) is 2. The molecule has 150 valence electrons. The van der Waals surface area contributed by atoms with Crippen LogP contribution in [0.2, 0.25) is 10.2 Å². The van der Waals surface area contributed by atoms with E-state index in [1.807, 2.05) is 25.1 Å². The summed E-state index contributed by atoms with van der Waals surface area (Å²) >= 11 is 12.2. The van der Waals surface area contributed by atoms with Gasteiger partial charge in [-0.1, -0.05) is 29.3 Å². The van der Waals surface area contributed by atoms with Crippen molar-refractivity contribution in [3.05, 3.63) is 51.8 Å². The molecule has 2 aromatic rings. The van der Waals surface area contributed by atoms with Gasteiger partial charge in [0.05, 0.1) is 24.8 Å². The number of nitrogens with one attached hydrogen (secondary N) is 2. The number of rotatable bonds is 6. The molecule has 0 bridgehead atoms. The Morgan fingerprint density at radius 2 is 2.00 bits per heavy atom. The zero-order valence-electron chi connectivity index (χ0n) is 15.8. The summed E-state index contributed by atoms with van der Waals surface area (Å²) in [5.41, 5.74) is 2.08. The van der Waals surface area contributed by atoms with E-state index in [0.717, 1.165) is 43.0 Å². The summed E-state index contributed by atoms with van der Waals surface area (Å²) < 4.78 is 11.4. The maximum atomic E-state index is 6.36. The van der Waals surface area contributed by atoms with Crippen molar-refractivity contribution in [2.24, 2.45) is 4.99 Å². The number of fused-ring (bicyclic) bond motifs is 1. The minimum Gasteiger partial charge on any atom is -0.489 e. The maximum absolute atomic E-state index is 6.36. The smallest absolute Gasteiger partial charge is 0.191 e. The van der Waals surface area contributed by atoms with Crippen LogP contribution in [0.4, 0.5) is 0 Å². The normalized spacial score (nSPS) is 13.8. The first-order valence-corrected chi connectivity index (χ1v) is 10.1. The number of halogens is 2. The first-order valence-electron chi connectivity index (χ1n) is 9.36. The topological polar surface area (TPSA) is 67.8 Å². The Bertz CT molecular complexity index is 813. The lowest BCUT2D eigenvalue weighted by atomic mass is 10.2. The highest BCUT2D eigenvalue weighted by molar-refractivity contribution is 6.32. The van der Waals surface area contributed by atoms with Gasteiger partial charge in [-0.3, -0.25) is 0 Å². The molecule has 1 aromatic heterocycles. The Morgan fingerprint density at radius 1 is 1.14 bits per heavy atom. The summed E-state index contributed by atoms with van der Waals surface area (Å²) in [4.78, 5) is 8.74. The Morgan fingerprint density at radius 3 is 2.79 bits per heavy atom. The molecule has 0 saturated heterocycles. The van der Waals surface area contributed by atoms with Gasteiger partial charge in [0.1, 0.15) is 5.15 Å².